The van der Waals surface area contributed by atoms with Gasteiger partial charge in [0, 0.05) is 17.9 Å². The Morgan fingerprint density at radius 2 is 1.85 bits per heavy atom. The molecule has 0 aliphatic rings. The molecule has 0 unspecified atom stereocenters. The Morgan fingerprint density at radius 3 is 2.56 bits per heavy atom. The minimum atomic E-state index is 0.0736. The number of imidazole rings is 1. The maximum Gasteiger partial charge on any atom is 0.230 e. The molecule has 0 spiro atoms. The minimum absolute atomic E-state index is 0.0736. The number of nitrogens with zero attached hydrogens (tertiary/aromatic N) is 1. The van der Waals surface area contributed by atoms with Crippen LogP contribution in [-0.2, 0) is 16.6 Å². The fraction of sp³-hybridized carbons (Fsp3) is 0.364. The highest BCUT2D eigenvalue weighted by Crippen LogP contribution is 2.25. The van der Waals surface area contributed by atoms with Gasteiger partial charge in [-0.05, 0) is 41.7 Å². The summed E-state index contributed by atoms with van der Waals surface area (Å²) >= 11 is 1.57. The van der Waals surface area contributed by atoms with Gasteiger partial charge in [-0.15, -0.1) is 11.8 Å². The number of thioether (sulfide) groups is 1. The number of nitrogens with one attached hydrogen (secondary N) is 2. The van der Waals surface area contributed by atoms with Crippen LogP contribution in [0.1, 0.15) is 38.6 Å². The van der Waals surface area contributed by atoms with Crippen molar-refractivity contribution in [2.75, 3.05) is 12.3 Å². The molecule has 0 aliphatic carbocycles. The summed E-state index contributed by atoms with van der Waals surface area (Å²) in [5, 5.41) is 2.99. The molecule has 27 heavy (non-hydrogen) atoms. The van der Waals surface area contributed by atoms with Crippen molar-refractivity contribution in [3.8, 4) is 0 Å². The standard InChI is InChI=1S/C22H27N3OS/c1-22(2,3)16-10-12-17(13-11-16)27-15-21(26)23-14-6-9-20-24-18-7-4-5-8-19(18)25-20/h4-5,7-8,10-13H,6,9,14-15H2,1-3H3,(H,23,26)(H,24,25). The lowest BCUT2D eigenvalue weighted by Crippen LogP contribution is -2.26. The summed E-state index contributed by atoms with van der Waals surface area (Å²) in [6, 6.07) is 16.5. The predicted octanol–water partition coefficient (Wildman–Crippen LogP) is 4.70. The van der Waals surface area contributed by atoms with Gasteiger partial charge in [0.2, 0.25) is 5.91 Å². The van der Waals surface area contributed by atoms with Crippen LogP contribution < -0.4 is 5.32 Å². The highest BCUT2D eigenvalue weighted by molar-refractivity contribution is 8.00. The van der Waals surface area contributed by atoms with E-state index in [4.69, 9.17) is 0 Å². The summed E-state index contributed by atoms with van der Waals surface area (Å²) in [4.78, 5) is 21.0. The minimum Gasteiger partial charge on any atom is -0.355 e. The molecule has 0 aliphatic heterocycles. The van der Waals surface area contributed by atoms with Gasteiger partial charge in [-0.1, -0.05) is 45.0 Å². The average Bonchev–Trinajstić information content (AvgIpc) is 3.06. The topological polar surface area (TPSA) is 57.8 Å². The molecular weight excluding hydrogens is 354 g/mol. The number of rotatable bonds is 7. The molecule has 1 heterocycles. The summed E-state index contributed by atoms with van der Waals surface area (Å²) in [5.74, 6) is 1.49. The number of hydrogen-bond acceptors (Lipinski definition) is 3. The van der Waals surface area contributed by atoms with Crippen molar-refractivity contribution in [2.24, 2.45) is 0 Å². The first-order valence-corrected chi connectivity index (χ1v) is 10.3. The number of carbonyl (C=O) groups excluding carboxylic acids is 1. The maximum absolute atomic E-state index is 12.0. The molecule has 1 amide bonds. The molecule has 0 radical (unpaired) electrons. The molecule has 3 aromatic rings. The second-order valence-electron chi connectivity index (χ2n) is 7.72. The molecule has 2 aromatic carbocycles. The van der Waals surface area contributed by atoms with Gasteiger partial charge in [-0.3, -0.25) is 4.79 Å². The van der Waals surface area contributed by atoms with Crippen LogP contribution in [0.15, 0.2) is 53.4 Å². The molecule has 3 rings (SSSR count). The molecule has 2 N–H and O–H groups in total. The quantitative estimate of drug-likeness (QED) is 0.461. The normalized spacial score (nSPS) is 11.7. The third-order valence-corrected chi connectivity index (χ3v) is 5.45. The lowest BCUT2D eigenvalue weighted by molar-refractivity contribution is -0.118. The summed E-state index contributed by atoms with van der Waals surface area (Å²) < 4.78 is 0. The largest absolute Gasteiger partial charge is 0.355 e. The monoisotopic (exact) mass is 381 g/mol. The van der Waals surface area contributed by atoms with Crippen LogP contribution in [0.2, 0.25) is 0 Å². The Bertz CT molecular complexity index is 861. The molecule has 5 heteroatoms. The van der Waals surface area contributed by atoms with Crippen LogP contribution in [0.5, 0.6) is 0 Å². The van der Waals surface area contributed by atoms with E-state index in [0.717, 1.165) is 34.6 Å². The molecule has 4 nitrogen and oxygen atoms in total. The molecule has 142 valence electrons. The Labute approximate surface area is 165 Å². The third-order valence-electron chi connectivity index (χ3n) is 4.44. The van der Waals surface area contributed by atoms with Crippen LogP contribution in [0.4, 0.5) is 0 Å². The lowest BCUT2D eigenvalue weighted by atomic mass is 9.87. The van der Waals surface area contributed by atoms with E-state index in [1.54, 1.807) is 11.8 Å². The number of amides is 1. The first-order chi connectivity index (χ1) is 12.9. The van der Waals surface area contributed by atoms with Crippen LogP contribution in [0.3, 0.4) is 0 Å². The van der Waals surface area contributed by atoms with E-state index in [1.807, 2.05) is 24.3 Å². The highest BCUT2D eigenvalue weighted by atomic mass is 32.2. The summed E-state index contributed by atoms with van der Waals surface area (Å²) in [5.41, 5.74) is 3.51. The number of aryl methyl sites for hydroxylation is 1. The Hall–Kier alpha value is -2.27. The van der Waals surface area contributed by atoms with Gasteiger partial charge in [0.1, 0.15) is 5.82 Å². The van der Waals surface area contributed by atoms with Gasteiger partial charge in [0.15, 0.2) is 0 Å². The van der Waals surface area contributed by atoms with E-state index >= 15 is 0 Å². The van der Waals surface area contributed by atoms with Crippen molar-refractivity contribution in [2.45, 2.75) is 43.9 Å². The van der Waals surface area contributed by atoms with Gasteiger partial charge in [0.25, 0.3) is 0 Å². The Balaban J connectivity index is 1.37. The number of para-hydroxylation sites is 2. The van der Waals surface area contributed by atoms with Crippen molar-refractivity contribution >= 4 is 28.7 Å². The Morgan fingerprint density at radius 1 is 1.11 bits per heavy atom. The first kappa shape index (κ1) is 19.5. The number of aromatic amines is 1. The van der Waals surface area contributed by atoms with Crippen molar-refractivity contribution in [1.82, 2.24) is 15.3 Å². The maximum atomic E-state index is 12.0. The zero-order chi connectivity index (χ0) is 19.3. The zero-order valence-corrected chi connectivity index (χ0v) is 17.0. The van der Waals surface area contributed by atoms with Crippen molar-refractivity contribution in [1.29, 1.82) is 0 Å². The third kappa shape index (κ3) is 5.60. The molecule has 1 aromatic heterocycles. The van der Waals surface area contributed by atoms with Gasteiger partial charge in [-0.25, -0.2) is 4.98 Å². The molecule has 0 fully saturated rings. The number of hydrogen-bond donors (Lipinski definition) is 2. The fourth-order valence-corrected chi connectivity index (χ4v) is 3.59. The van der Waals surface area contributed by atoms with Crippen molar-refractivity contribution in [3.63, 3.8) is 0 Å². The van der Waals surface area contributed by atoms with Crippen LogP contribution >= 0.6 is 11.8 Å². The van der Waals surface area contributed by atoms with Gasteiger partial charge < -0.3 is 10.3 Å². The second-order valence-corrected chi connectivity index (χ2v) is 8.77. The smallest absolute Gasteiger partial charge is 0.230 e. The van der Waals surface area contributed by atoms with Gasteiger partial charge in [0.05, 0.1) is 16.8 Å². The average molecular weight is 382 g/mol. The van der Waals surface area contributed by atoms with Crippen molar-refractivity contribution in [3.05, 3.63) is 59.9 Å². The van der Waals surface area contributed by atoms with E-state index < -0.39 is 0 Å². The first-order valence-electron chi connectivity index (χ1n) is 9.35. The molecule has 0 atom stereocenters. The van der Waals surface area contributed by atoms with E-state index in [0.29, 0.717) is 12.3 Å². The van der Waals surface area contributed by atoms with Gasteiger partial charge >= 0.3 is 0 Å². The number of aromatic nitrogens is 2. The van der Waals surface area contributed by atoms with Crippen LogP contribution in [0.25, 0.3) is 11.0 Å². The molecule has 0 bridgehead atoms. The summed E-state index contributed by atoms with van der Waals surface area (Å²) in [6.07, 6.45) is 1.70. The zero-order valence-electron chi connectivity index (χ0n) is 16.2. The van der Waals surface area contributed by atoms with E-state index in [1.165, 1.54) is 5.56 Å². The fourth-order valence-electron chi connectivity index (χ4n) is 2.86. The highest BCUT2D eigenvalue weighted by Gasteiger charge is 2.13. The van der Waals surface area contributed by atoms with Crippen LogP contribution in [0, 0.1) is 0 Å². The Kier molecular flexibility index (Phi) is 6.22. The molecular formula is C22H27N3OS. The molecule has 0 saturated heterocycles. The van der Waals surface area contributed by atoms with E-state index in [2.05, 4.69) is 60.3 Å². The number of benzene rings is 2. The number of carbonyl (C=O) groups is 1. The second kappa shape index (κ2) is 8.61. The van der Waals surface area contributed by atoms with Crippen LogP contribution in [-0.4, -0.2) is 28.2 Å². The summed E-state index contributed by atoms with van der Waals surface area (Å²) in [7, 11) is 0. The summed E-state index contributed by atoms with van der Waals surface area (Å²) in [6.45, 7) is 7.27. The van der Waals surface area contributed by atoms with Crippen molar-refractivity contribution < 1.29 is 4.79 Å². The van der Waals surface area contributed by atoms with Gasteiger partial charge in [-0.2, -0.15) is 0 Å². The SMILES string of the molecule is CC(C)(C)c1ccc(SCC(=O)NCCCc2nc3ccccc3[nH]2)cc1. The van der Waals surface area contributed by atoms with E-state index in [-0.39, 0.29) is 11.3 Å². The predicted molar refractivity (Wildman–Crippen MR) is 113 cm³/mol. The van der Waals surface area contributed by atoms with E-state index in [9.17, 15) is 4.79 Å². The number of fused-ring (bicyclic) bond motifs is 1. The lowest BCUT2D eigenvalue weighted by Gasteiger charge is -2.19. The number of H-pyrrole nitrogens is 1. The molecule has 0 saturated carbocycles.